The third kappa shape index (κ3) is 7.09. The van der Waals surface area contributed by atoms with Crippen molar-refractivity contribution in [3.63, 3.8) is 0 Å². The number of halogens is 4. The Bertz CT molecular complexity index is 1470. The zero-order chi connectivity index (χ0) is 28.4. The molecule has 0 saturated carbocycles. The minimum atomic E-state index is -4.52. The smallest absolute Gasteiger partial charge is 0.416 e. The predicted molar refractivity (Wildman–Crippen MR) is 132 cm³/mol. The molecule has 4 rings (SSSR count). The van der Waals surface area contributed by atoms with Crippen LogP contribution in [0.25, 0.3) is 0 Å². The largest absolute Gasteiger partial charge is 0.474 e. The van der Waals surface area contributed by atoms with E-state index in [0.29, 0.717) is 31.5 Å². The van der Waals surface area contributed by atoms with Crippen LogP contribution < -0.4 is 9.47 Å². The minimum Gasteiger partial charge on any atom is -0.474 e. The number of Topliss-reactive ketones (excluding diaryl/α,β-unsaturated/α-hetero) is 1. The van der Waals surface area contributed by atoms with Crippen LogP contribution in [-0.2, 0) is 16.0 Å². The fraction of sp³-hybridized carbons (Fsp3) is 0.346. The van der Waals surface area contributed by atoms with E-state index in [4.69, 9.17) is 9.47 Å². The van der Waals surface area contributed by atoms with Crippen LogP contribution in [0.5, 0.6) is 17.5 Å². The number of benzene rings is 2. The SMILES string of the molecule is Cc1c(Oc2ccc(S(C)(=O)=O)cc2F)ncnc1OC1CCN(CC(=O)c2cccc(C(F)(F)F)c2)CC1. The molecule has 39 heavy (non-hydrogen) atoms. The average Bonchev–Trinajstić information content (AvgIpc) is 2.87. The molecule has 0 atom stereocenters. The summed E-state index contributed by atoms with van der Waals surface area (Å²) < 4.78 is 88.1. The minimum absolute atomic E-state index is 0.00901. The molecule has 0 bridgehead atoms. The maximum Gasteiger partial charge on any atom is 0.416 e. The molecule has 3 aromatic rings. The normalized spacial score (nSPS) is 15.2. The summed E-state index contributed by atoms with van der Waals surface area (Å²) in [6.45, 7) is 2.60. The molecule has 1 saturated heterocycles. The lowest BCUT2D eigenvalue weighted by Gasteiger charge is -2.31. The molecular formula is C26H25F4N3O5S. The van der Waals surface area contributed by atoms with Gasteiger partial charge < -0.3 is 9.47 Å². The van der Waals surface area contributed by atoms with E-state index in [0.717, 1.165) is 24.5 Å². The zero-order valence-electron chi connectivity index (χ0n) is 21.0. The standard InChI is InChI=1S/C26H25F4N3O5S/c1-16-24(31-15-32-25(16)38-23-7-6-20(13-21(23)27)39(2,35)36)37-19-8-10-33(11-9-19)14-22(34)17-4-3-5-18(12-17)26(28,29)30/h3-7,12-13,15,19H,8-11,14H2,1-2H3. The summed E-state index contributed by atoms with van der Waals surface area (Å²) in [6.07, 6.45) is -1.53. The van der Waals surface area contributed by atoms with Gasteiger partial charge in [-0.3, -0.25) is 9.69 Å². The maximum absolute atomic E-state index is 14.4. The van der Waals surface area contributed by atoms with Crippen molar-refractivity contribution in [3.8, 4) is 17.5 Å². The number of hydrogen-bond donors (Lipinski definition) is 0. The Labute approximate surface area is 222 Å². The number of sulfone groups is 1. The van der Waals surface area contributed by atoms with E-state index < -0.39 is 33.2 Å². The van der Waals surface area contributed by atoms with Gasteiger partial charge in [0.1, 0.15) is 12.4 Å². The quantitative estimate of drug-likeness (QED) is 0.281. The van der Waals surface area contributed by atoms with Crippen LogP contribution in [-0.4, -0.2) is 61.1 Å². The van der Waals surface area contributed by atoms with Gasteiger partial charge in [0.05, 0.1) is 22.6 Å². The van der Waals surface area contributed by atoms with Crippen molar-refractivity contribution in [2.24, 2.45) is 0 Å². The number of likely N-dealkylation sites (tertiary alicyclic amines) is 1. The van der Waals surface area contributed by atoms with Crippen molar-refractivity contribution in [2.75, 3.05) is 25.9 Å². The molecule has 13 heteroatoms. The van der Waals surface area contributed by atoms with Gasteiger partial charge in [-0.2, -0.15) is 13.2 Å². The second kappa shape index (κ2) is 11.3. The second-order valence-corrected chi connectivity index (χ2v) is 11.2. The number of piperidine rings is 1. The fourth-order valence-corrected chi connectivity index (χ4v) is 4.68. The van der Waals surface area contributed by atoms with Crippen molar-refractivity contribution in [3.05, 3.63) is 71.3 Å². The Kier molecular flexibility index (Phi) is 8.21. The Hall–Kier alpha value is -3.58. The van der Waals surface area contributed by atoms with Crippen LogP contribution in [0.1, 0.15) is 34.3 Å². The van der Waals surface area contributed by atoms with Crippen molar-refractivity contribution in [2.45, 2.75) is 36.9 Å². The third-order valence-electron chi connectivity index (χ3n) is 6.22. The van der Waals surface area contributed by atoms with Gasteiger partial charge in [-0.15, -0.1) is 0 Å². The zero-order valence-corrected chi connectivity index (χ0v) is 21.9. The summed E-state index contributed by atoms with van der Waals surface area (Å²) in [4.78, 5) is 22.4. The lowest BCUT2D eigenvalue weighted by Crippen LogP contribution is -2.41. The number of aromatic nitrogens is 2. The molecule has 2 aromatic carbocycles. The summed E-state index contributed by atoms with van der Waals surface area (Å²) in [5, 5.41) is 0. The molecule has 0 radical (unpaired) electrons. The Balaban J connectivity index is 1.35. The summed E-state index contributed by atoms with van der Waals surface area (Å²) in [5.74, 6) is -1.22. The molecule has 2 heterocycles. The molecular weight excluding hydrogens is 542 g/mol. The highest BCUT2D eigenvalue weighted by Gasteiger charge is 2.31. The number of ether oxygens (including phenoxy) is 2. The molecule has 0 aliphatic carbocycles. The van der Waals surface area contributed by atoms with Crippen LogP contribution >= 0.6 is 0 Å². The summed E-state index contributed by atoms with van der Waals surface area (Å²) in [7, 11) is -3.58. The van der Waals surface area contributed by atoms with E-state index in [1.807, 2.05) is 4.90 Å². The summed E-state index contributed by atoms with van der Waals surface area (Å²) in [5.41, 5.74) is -0.446. The Morgan fingerprint density at radius 1 is 1.08 bits per heavy atom. The van der Waals surface area contributed by atoms with Gasteiger partial charge in [-0.25, -0.2) is 22.8 Å². The molecule has 1 fully saturated rings. The number of carbonyl (C=O) groups excluding carboxylic acids is 1. The topological polar surface area (TPSA) is 98.7 Å². The molecule has 0 N–H and O–H groups in total. The van der Waals surface area contributed by atoms with E-state index in [2.05, 4.69) is 9.97 Å². The van der Waals surface area contributed by atoms with Crippen LogP contribution in [0.2, 0.25) is 0 Å². The predicted octanol–water partition coefficient (Wildman–Crippen LogP) is 4.86. The summed E-state index contributed by atoms with van der Waals surface area (Å²) >= 11 is 0. The fourth-order valence-electron chi connectivity index (χ4n) is 4.05. The van der Waals surface area contributed by atoms with Gasteiger partial charge in [0.25, 0.3) is 0 Å². The highest BCUT2D eigenvalue weighted by atomic mass is 32.2. The molecule has 0 unspecified atom stereocenters. The molecule has 208 valence electrons. The molecule has 1 aromatic heterocycles. The first-order valence-electron chi connectivity index (χ1n) is 11.9. The van der Waals surface area contributed by atoms with Gasteiger partial charge >= 0.3 is 6.18 Å². The first-order valence-corrected chi connectivity index (χ1v) is 13.8. The molecule has 8 nitrogen and oxygen atoms in total. The van der Waals surface area contributed by atoms with E-state index >= 15 is 0 Å². The van der Waals surface area contributed by atoms with Crippen molar-refractivity contribution in [1.29, 1.82) is 0 Å². The molecule has 1 aliphatic heterocycles. The number of alkyl halides is 3. The molecule has 0 spiro atoms. The first-order chi connectivity index (χ1) is 18.3. The highest BCUT2D eigenvalue weighted by molar-refractivity contribution is 7.90. The summed E-state index contributed by atoms with van der Waals surface area (Å²) in [6, 6.07) is 7.67. The third-order valence-corrected chi connectivity index (χ3v) is 7.33. The lowest BCUT2D eigenvalue weighted by atomic mass is 10.0. The molecule has 0 amide bonds. The van der Waals surface area contributed by atoms with Crippen LogP contribution in [0.4, 0.5) is 17.6 Å². The van der Waals surface area contributed by atoms with Crippen LogP contribution in [0.15, 0.2) is 53.7 Å². The second-order valence-electron chi connectivity index (χ2n) is 9.17. The Morgan fingerprint density at radius 2 is 1.77 bits per heavy atom. The van der Waals surface area contributed by atoms with Gasteiger partial charge in [-0.1, -0.05) is 12.1 Å². The molecule has 1 aliphatic rings. The Morgan fingerprint density at radius 3 is 2.41 bits per heavy atom. The van der Waals surface area contributed by atoms with Crippen LogP contribution in [0.3, 0.4) is 0 Å². The first kappa shape index (κ1) is 28.4. The van der Waals surface area contributed by atoms with Gasteiger partial charge in [0.15, 0.2) is 27.2 Å². The number of hydrogen-bond acceptors (Lipinski definition) is 8. The maximum atomic E-state index is 14.4. The van der Waals surface area contributed by atoms with Crippen molar-refractivity contribution in [1.82, 2.24) is 14.9 Å². The monoisotopic (exact) mass is 567 g/mol. The van der Waals surface area contributed by atoms with E-state index in [-0.39, 0.29) is 40.6 Å². The lowest BCUT2D eigenvalue weighted by molar-refractivity contribution is -0.137. The van der Waals surface area contributed by atoms with Crippen LogP contribution in [0, 0.1) is 12.7 Å². The van der Waals surface area contributed by atoms with Gasteiger partial charge in [0, 0.05) is 24.9 Å². The van der Waals surface area contributed by atoms with Gasteiger partial charge in [-0.05, 0) is 50.1 Å². The number of rotatable bonds is 8. The van der Waals surface area contributed by atoms with Crippen molar-refractivity contribution < 1.29 is 40.2 Å². The number of nitrogens with zero attached hydrogens (tertiary/aromatic N) is 3. The number of ketones is 1. The van der Waals surface area contributed by atoms with E-state index in [1.54, 1.807) is 6.92 Å². The number of carbonyl (C=O) groups is 1. The van der Waals surface area contributed by atoms with Crippen molar-refractivity contribution >= 4 is 15.6 Å². The van der Waals surface area contributed by atoms with E-state index in [1.165, 1.54) is 30.6 Å². The van der Waals surface area contributed by atoms with Gasteiger partial charge in [0.2, 0.25) is 11.8 Å². The average molecular weight is 568 g/mol. The highest BCUT2D eigenvalue weighted by Crippen LogP contribution is 2.32. The van der Waals surface area contributed by atoms with E-state index in [9.17, 15) is 30.8 Å².